The lowest BCUT2D eigenvalue weighted by Gasteiger charge is -2.26. The SMILES string of the molecule is COc1ccc(/C(O)=C2/C(=O)C(=O)N(c3ccc(C(=O)OC(C)C)cc3)C2c2cccc(C)c2)cc1OC. The Morgan fingerprint density at radius 3 is 2.16 bits per heavy atom. The molecule has 196 valence electrons. The van der Waals surface area contributed by atoms with E-state index < -0.39 is 23.7 Å². The van der Waals surface area contributed by atoms with Gasteiger partial charge in [-0.25, -0.2) is 4.79 Å². The Labute approximate surface area is 221 Å². The molecule has 1 aliphatic rings. The van der Waals surface area contributed by atoms with Crippen LogP contribution in [-0.4, -0.2) is 43.1 Å². The van der Waals surface area contributed by atoms with E-state index in [0.717, 1.165) is 5.56 Å². The van der Waals surface area contributed by atoms with E-state index in [2.05, 4.69) is 0 Å². The van der Waals surface area contributed by atoms with E-state index in [-0.39, 0.29) is 17.4 Å². The number of ketones is 1. The quantitative estimate of drug-likeness (QED) is 0.200. The molecule has 1 amide bonds. The molecule has 1 atom stereocenters. The molecule has 4 rings (SSSR count). The average Bonchev–Trinajstić information content (AvgIpc) is 3.17. The van der Waals surface area contributed by atoms with Gasteiger partial charge in [-0.2, -0.15) is 0 Å². The highest BCUT2D eigenvalue weighted by atomic mass is 16.5. The van der Waals surface area contributed by atoms with Crippen molar-refractivity contribution in [1.29, 1.82) is 0 Å². The van der Waals surface area contributed by atoms with Crippen molar-refractivity contribution in [2.45, 2.75) is 32.9 Å². The predicted molar refractivity (Wildman–Crippen MR) is 143 cm³/mol. The second-order valence-corrected chi connectivity index (χ2v) is 9.15. The number of Topliss-reactive ketones (excluding diaryl/α,β-unsaturated/α-hetero) is 1. The van der Waals surface area contributed by atoms with Gasteiger partial charge < -0.3 is 19.3 Å². The molecular weight excluding hydrogens is 486 g/mol. The summed E-state index contributed by atoms with van der Waals surface area (Å²) in [5, 5.41) is 11.4. The Morgan fingerprint density at radius 2 is 1.55 bits per heavy atom. The molecule has 38 heavy (non-hydrogen) atoms. The number of nitrogens with zero attached hydrogens (tertiary/aromatic N) is 1. The van der Waals surface area contributed by atoms with Gasteiger partial charge in [0.25, 0.3) is 11.7 Å². The molecule has 0 saturated carbocycles. The van der Waals surface area contributed by atoms with Crippen molar-refractivity contribution in [2.24, 2.45) is 0 Å². The highest BCUT2D eigenvalue weighted by Crippen LogP contribution is 2.43. The summed E-state index contributed by atoms with van der Waals surface area (Å²) in [5.41, 5.74) is 2.52. The van der Waals surface area contributed by atoms with Gasteiger partial charge in [-0.05, 0) is 68.8 Å². The summed E-state index contributed by atoms with van der Waals surface area (Å²) in [4.78, 5) is 40.5. The van der Waals surface area contributed by atoms with Gasteiger partial charge in [0.15, 0.2) is 11.5 Å². The molecule has 1 aliphatic heterocycles. The van der Waals surface area contributed by atoms with Crippen molar-refractivity contribution < 1.29 is 33.7 Å². The van der Waals surface area contributed by atoms with Crippen LogP contribution in [0.2, 0.25) is 0 Å². The third-order valence-corrected chi connectivity index (χ3v) is 6.18. The number of rotatable bonds is 7. The molecule has 0 spiro atoms. The van der Waals surface area contributed by atoms with Crippen molar-refractivity contribution in [3.05, 3.63) is 94.6 Å². The summed E-state index contributed by atoms with van der Waals surface area (Å²) in [6.45, 7) is 5.41. The van der Waals surface area contributed by atoms with Crippen molar-refractivity contribution in [3.63, 3.8) is 0 Å². The summed E-state index contributed by atoms with van der Waals surface area (Å²) < 4.78 is 15.9. The third-order valence-electron chi connectivity index (χ3n) is 6.18. The van der Waals surface area contributed by atoms with Crippen LogP contribution in [0.1, 0.15) is 46.9 Å². The Hall–Kier alpha value is -4.59. The maximum absolute atomic E-state index is 13.4. The molecule has 0 aromatic heterocycles. The van der Waals surface area contributed by atoms with Gasteiger partial charge in [0.2, 0.25) is 0 Å². The van der Waals surface area contributed by atoms with Crippen LogP contribution in [0.5, 0.6) is 11.5 Å². The number of ether oxygens (including phenoxy) is 3. The van der Waals surface area contributed by atoms with Crippen LogP contribution < -0.4 is 14.4 Å². The molecule has 3 aromatic rings. The van der Waals surface area contributed by atoms with E-state index >= 15 is 0 Å². The zero-order chi connectivity index (χ0) is 27.6. The molecule has 0 aliphatic carbocycles. The number of methoxy groups -OCH3 is 2. The van der Waals surface area contributed by atoms with Crippen LogP contribution in [0.15, 0.2) is 72.3 Å². The molecule has 0 radical (unpaired) electrons. The summed E-state index contributed by atoms with van der Waals surface area (Å²) in [5.74, 6) is -1.63. The lowest BCUT2D eigenvalue weighted by Crippen LogP contribution is -2.29. The number of aliphatic hydroxyl groups is 1. The topological polar surface area (TPSA) is 102 Å². The Bertz CT molecular complexity index is 1420. The van der Waals surface area contributed by atoms with Crippen LogP contribution in [0.4, 0.5) is 5.69 Å². The van der Waals surface area contributed by atoms with E-state index in [4.69, 9.17) is 14.2 Å². The largest absolute Gasteiger partial charge is 0.507 e. The summed E-state index contributed by atoms with van der Waals surface area (Å²) in [6.07, 6.45) is -0.280. The number of carbonyl (C=O) groups is 3. The molecule has 1 N–H and O–H groups in total. The Kier molecular flexibility index (Phi) is 7.52. The van der Waals surface area contributed by atoms with Crippen LogP contribution in [0.3, 0.4) is 0 Å². The zero-order valence-corrected chi connectivity index (χ0v) is 21.8. The van der Waals surface area contributed by atoms with Gasteiger partial charge in [-0.3, -0.25) is 14.5 Å². The molecule has 8 nitrogen and oxygen atoms in total. The van der Waals surface area contributed by atoms with Crippen LogP contribution in [-0.2, 0) is 14.3 Å². The van der Waals surface area contributed by atoms with E-state index in [1.165, 1.54) is 19.1 Å². The number of carbonyl (C=O) groups excluding carboxylic acids is 3. The van der Waals surface area contributed by atoms with Gasteiger partial charge in [0, 0.05) is 11.3 Å². The first-order chi connectivity index (χ1) is 18.2. The monoisotopic (exact) mass is 515 g/mol. The molecular formula is C30H29NO7. The van der Waals surface area contributed by atoms with Gasteiger partial charge in [0.1, 0.15) is 5.76 Å². The van der Waals surface area contributed by atoms with Crippen molar-refractivity contribution in [1.82, 2.24) is 0 Å². The molecule has 8 heteroatoms. The Morgan fingerprint density at radius 1 is 0.895 bits per heavy atom. The molecule has 1 saturated heterocycles. The minimum atomic E-state index is -0.906. The van der Waals surface area contributed by atoms with Gasteiger partial charge in [-0.15, -0.1) is 0 Å². The average molecular weight is 516 g/mol. The highest BCUT2D eigenvalue weighted by molar-refractivity contribution is 6.51. The second-order valence-electron chi connectivity index (χ2n) is 9.15. The standard InChI is InChI=1S/C30H29NO7/c1-17(2)38-30(35)19-9-12-22(13-10-19)31-26(20-8-6-7-18(3)15-20)25(28(33)29(31)34)27(32)21-11-14-23(36-4)24(16-21)37-5/h6-17,26,32H,1-5H3/b27-25-. The number of esters is 1. The van der Waals surface area contributed by atoms with Crippen LogP contribution in [0, 0.1) is 6.92 Å². The lowest BCUT2D eigenvalue weighted by molar-refractivity contribution is -0.132. The van der Waals surface area contributed by atoms with Crippen molar-refractivity contribution in [2.75, 3.05) is 19.1 Å². The second kappa shape index (κ2) is 10.8. The fourth-order valence-electron chi connectivity index (χ4n) is 4.43. The molecule has 3 aromatic carbocycles. The lowest BCUT2D eigenvalue weighted by atomic mass is 9.94. The van der Waals surface area contributed by atoms with Crippen LogP contribution in [0.25, 0.3) is 5.76 Å². The third kappa shape index (κ3) is 4.98. The molecule has 1 unspecified atom stereocenters. The number of hydrogen-bond donors (Lipinski definition) is 1. The van der Waals surface area contributed by atoms with E-state index in [0.29, 0.717) is 33.9 Å². The molecule has 1 fully saturated rings. The van der Waals surface area contributed by atoms with E-state index in [9.17, 15) is 19.5 Å². The maximum atomic E-state index is 13.4. The zero-order valence-electron chi connectivity index (χ0n) is 21.8. The minimum absolute atomic E-state index is 0.0592. The molecule has 1 heterocycles. The number of aryl methyl sites for hydroxylation is 1. The number of anilines is 1. The minimum Gasteiger partial charge on any atom is -0.507 e. The van der Waals surface area contributed by atoms with Gasteiger partial charge in [-0.1, -0.05) is 29.8 Å². The van der Waals surface area contributed by atoms with E-state index in [1.807, 2.05) is 25.1 Å². The first kappa shape index (κ1) is 26.5. The van der Waals surface area contributed by atoms with Gasteiger partial charge >= 0.3 is 5.97 Å². The maximum Gasteiger partial charge on any atom is 0.338 e. The molecule has 0 bridgehead atoms. The number of aliphatic hydroxyl groups excluding tert-OH is 1. The van der Waals surface area contributed by atoms with Gasteiger partial charge in [0.05, 0.1) is 37.5 Å². The number of hydrogen-bond acceptors (Lipinski definition) is 7. The number of amides is 1. The summed E-state index contributed by atoms with van der Waals surface area (Å²) in [6, 6.07) is 17.5. The van der Waals surface area contributed by atoms with Crippen LogP contribution >= 0.6 is 0 Å². The van der Waals surface area contributed by atoms with Crippen molar-refractivity contribution in [3.8, 4) is 11.5 Å². The first-order valence-corrected chi connectivity index (χ1v) is 12.1. The summed E-state index contributed by atoms with van der Waals surface area (Å²) in [7, 11) is 2.96. The smallest absolute Gasteiger partial charge is 0.338 e. The normalized spacial score (nSPS) is 16.6. The fourth-order valence-corrected chi connectivity index (χ4v) is 4.43. The first-order valence-electron chi connectivity index (χ1n) is 12.1. The summed E-state index contributed by atoms with van der Waals surface area (Å²) >= 11 is 0. The van der Waals surface area contributed by atoms with Crippen molar-refractivity contribution >= 4 is 29.1 Å². The highest BCUT2D eigenvalue weighted by Gasteiger charge is 2.47. The van der Waals surface area contributed by atoms with E-state index in [1.54, 1.807) is 62.4 Å². The predicted octanol–water partition coefficient (Wildman–Crippen LogP) is 5.20. The number of benzene rings is 3. The fraction of sp³-hybridized carbons (Fsp3) is 0.233. The Balaban J connectivity index is 1.86.